The fourth-order valence-corrected chi connectivity index (χ4v) is 6.71. The number of nitrogens with zero attached hydrogens (tertiary/aromatic N) is 4. The number of aliphatic hydroxyl groups is 1. The molecule has 0 unspecified atom stereocenters. The number of carbonyl (C=O) groups excluding carboxylic acids is 2. The summed E-state index contributed by atoms with van der Waals surface area (Å²) in [5.41, 5.74) is 3.34. The van der Waals surface area contributed by atoms with E-state index in [0.717, 1.165) is 11.8 Å². The summed E-state index contributed by atoms with van der Waals surface area (Å²) in [6.07, 6.45) is -1.87. The standard InChI is InChI=1S/C22H33N6O10PS/c1-5-34-20(31)24-7-6-21(2,3)18(30)40-9-8-35-39(33)36-10-12-14(38-39)22(4,32)17(37-12)28-11-25-13-15(28)26-19(23)27-16(13)29/h11-12,14,17,32H,5-10H2,1-4H3,(H,24,31)(H3,23,26,27,29)/t12-,14-,17-,22-,39-/m1/s1. The summed E-state index contributed by atoms with van der Waals surface area (Å²) in [6, 6.07) is 0. The van der Waals surface area contributed by atoms with Crippen molar-refractivity contribution in [1.82, 2.24) is 24.8 Å². The van der Waals surface area contributed by atoms with Crippen LogP contribution in [0.2, 0.25) is 0 Å². The Hall–Kier alpha value is -2.53. The van der Waals surface area contributed by atoms with Gasteiger partial charge in [0, 0.05) is 17.7 Å². The molecule has 2 aliphatic rings. The average Bonchev–Trinajstić information content (AvgIpc) is 3.39. The number of alkyl carbamates (subject to hydrolysis) is 1. The van der Waals surface area contributed by atoms with Crippen molar-refractivity contribution in [3.05, 3.63) is 6.33 Å². The Labute approximate surface area is 233 Å². The summed E-state index contributed by atoms with van der Waals surface area (Å²) in [4.78, 5) is 35.9. The number of phosphoric acid groups is 1. The zero-order valence-corrected chi connectivity index (χ0v) is 24.1. The van der Waals surface area contributed by atoms with Gasteiger partial charge in [0.1, 0.15) is 17.8 Å². The summed E-state index contributed by atoms with van der Waals surface area (Å²) < 4.78 is 41.7. The van der Waals surface area contributed by atoms with Crippen molar-refractivity contribution in [2.45, 2.75) is 58.2 Å². The molecule has 0 aromatic carbocycles. The lowest BCUT2D eigenvalue weighted by Crippen LogP contribution is -2.47. The number of carbonyl (C=O) groups is 2. The SMILES string of the molecule is CCOC(=O)NCCC(C)(C)C(=O)SCCO[P@]1(=O)OC[C@H]2O[C@@H](n3cnc4c(O)nc(N)nc43)[C@](C)(O)[C@@H]2O1. The number of amides is 1. The topological polar surface area (TPSA) is 219 Å². The van der Waals surface area contributed by atoms with Gasteiger partial charge in [-0.3, -0.25) is 22.9 Å². The first kappa shape index (κ1) is 30.4. The van der Waals surface area contributed by atoms with Gasteiger partial charge in [-0.2, -0.15) is 9.97 Å². The number of nitrogen functional groups attached to an aromatic ring is 1. The lowest BCUT2D eigenvalue weighted by atomic mass is 9.91. The van der Waals surface area contributed by atoms with Gasteiger partial charge in [-0.15, -0.1) is 0 Å². The number of phosphoric ester groups is 1. The van der Waals surface area contributed by atoms with E-state index in [0.29, 0.717) is 6.42 Å². The third kappa shape index (κ3) is 6.35. The van der Waals surface area contributed by atoms with Gasteiger partial charge in [-0.05, 0) is 20.3 Å². The highest BCUT2D eigenvalue weighted by Crippen LogP contribution is 2.58. The lowest BCUT2D eigenvalue weighted by molar-refractivity contribution is -0.118. The summed E-state index contributed by atoms with van der Waals surface area (Å²) in [5, 5.41) is 23.8. The monoisotopic (exact) mass is 604 g/mol. The molecule has 2 aromatic heterocycles. The summed E-state index contributed by atoms with van der Waals surface area (Å²) in [6.45, 7) is 6.85. The normalized spacial score (nSPS) is 28.4. The number of nitrogens with two attached hydrogens (primary N) is 1. The Kier molecular flexibility index (Phi) is 8.94. The molecule has 0 spiro atoms. The van der Waals surface area contributed by atoms with Crippen LogP contribution in [-0.4, -0.2) is 90.9 Å². The van der Waals surface area contributed by atoms with E-state index in [-0.39, 0.29) is 54.3 Å². The van der Waals surface area contributed by atoms with E-state index in [1.165, 1.54) is 17.8 Å². The van der Waals surface area contributed by atoms with Gasteiger partial charge in [0.25, 0.3) is 0 Å². The van der Waals surface area contributed by atoms with E-state index in [9.17, 15) is 24.4 Å². The van der Waals surface area contributed by atoms with Gasteiger partial charge in [-0.1, -0.05) is 25.6 Å². The lowest BCUT2D eigenvalue weighted by Gasteiger charge is -2.35. The van der Waals surface area contributed by atoms with Crippen LogP contribution in [0, 0.1) is 5.41 Å². The van der Waals surface area contributed by atoms with Gasteiger partial charge >= 0.3 is 13.9 Å². The van der Waals surface area contributed by atoms with E-state index in [1.54, 1.807) is 20.8 Å². The molecular formula is C22H33N6O10PS. The second-order valence-electron chi connectivity index (χ2n) is 10.0. The van der Waals surface area contributed by atoms with Crippen molar-refractivity contribution in [3.8, 4) is 5.88 Å². The molecule has 2 fully saturated rings. The number of anilines is 1. The van der Waals surface area contributed by atoms with Crippen molar-refractivity contribution >= 4 is 47.9 Å². The molecule has 2 saturated heterocycles. The number of imidazole rings is 1. The summed E-state index contributed by atoms with van der Waals surface area (Å²) in [5.74, 6) is -0.464. The quantitative estimate of drug-likeness (QED) is 0.224. The number of ether oxygens (including phenoxy) is 2. The van der Waals surface area contributed by atoms with E-state index in [4.69, 9.17) is 28.8 Å². The van der Waals surface area contributed by atoms with E-state index in [2.05, 4.69) is 20.3 Å². The molecule has 5 atom stereocenters. The van der Waals surface area contributed by atoms with Crippen LogP contribution in [0.15, 0.2) is 6.33 Å². The predicted octanol–water partition coefficient (Wildman–Crippen LogP) is 1.72. The number of aromatic hydroxyl groups is 1. The second kappa shape index (κ2) is 11.8. The van der Waals surface area contributed by atoms with Gasteiger partial charge in [0.05, 0.1) is 26.1 Å². The molecule has 1 amide bonds. The first-order valence-corrected chi connectivity index (χ1v) is 14.9. The number of rotatable bonds is 10. The van der Waals surface area contributed by atoms with Crippen molar-refractivity contribution in [2.24, 2.45) is 5.41 Å². The fourth-order valence-electron chi connectivity index (χ4n) is 4.27. The minimum absolute atomic E-state index is 0.0557. The van der Waals surface area contributed by atoms with E-state index in [1.807, 2.05) is 0 Å². The Balaban J connectivity index is 1.31. The number of hydrogen-bond acceptors (Lipinski definition) is 15. The molecule has 18 heteroatoms. The highest BCUT2D eigenvalue weighted by molar-refractivity contribution is 8.13. The van der Waals surface area contributed by atoms with Crippen molar-refractivity contribution < 1.29 is 47.4 Å². The molecule has 0 aliphatic carbocycles. The van der Waals surface area contributed by atoms with Crippen molar-refractivity contribution in [2.75, 3.05) is 37.9 Å². The maximum Gasteiger partial charge on any atom is 0.475 e. The minimum Gasteiger partial charge on any atom is -0.492 e. The molecule has 4 heterocycles. The van der Waals surface area contributed by atoms with Crippen LogP contribution in [0.1, 0.15) is 40.3 Å². The first-order chi connectivity index (χ1) is 18.8. The van der Waals surface area contributed by atoms with Crippen LogP contribution in [0.5, 0.6) is 5.88 Å². The maximum atomic E-state index is 13.2. The molecule has 222 valence electrons. The van der Waals surface area contributed by atoms with Crippen LogP contribution in [0.4, 0.5) is 10.7 Å². The zero-order chi connectivity index (χ0) is 29.3. The third-order valence-corrected chi connectivity index (χ3v) is 9.08. The Morgan fingerprint density at radius 1 is 1.40 bits per heavy atom. The summed E-state index contributed by atoms with van der Waals surface area (Å²) >= 11 is 0.994. The smallest absolute Gasteiger partial charge is 0.475 e. The average molecular weight is 605 g/mol. The molecule has 40 heavy (non-hydrogen) atoms. The molecule has 2 aliphatic heterocycles. The minimum atomic E-state index is -4.10. The van der Waals surface area contributed by atoms with Gasteiger partial charge in [0.15, 0.2) is 22.5 Å². The predicted molar refractivity (Wildman–Crippen MR) is 141 cm³/mol. The largest absolute Gasteiger partial charge is 0.492 e. The summed E-state index contributed by atoms with van der Waals surface area (Å²) in [7, 11) is -4.10. The van der Waals surface area contributed by atoms with Crippen LogP contribution in [0.3, 0.4) is 0 Å². The Bertz CT molecular complexity index is 1310. The molecule has 0 radical (unpaired) electrons. The molecule has 16 nitrogen and oxygen atoms in total. The Morgan fingerprint density at radius 3 is 2.88 bits per heavy atom. The van der Waals surface area contributed by atoms with E-state index >= 15 is 0 Å². The van der Waals surface area contributed by atoms with Crippen molar-refractivity contribution in [1.29, 1.82) is 0 Å². The molecule has 4 rings (SSSR count). The number of hydrogen-bond donors (Lipinski definition) is 4. The van der Waals surface area contributed by atoms with Gasteiger partial charge < -0.3 is 30.7 Å². The first-order valence-electron chi connectivity index (χ1n) is 12.5. The molecular weight excluding hydrogens is 571 g/mol. The van der Waals surface area contributed by atoms with Gasteiger partial charge in [-0.25, -0.2) is 14.3 Å². The highest BCUT2D eigenvalue weighted by Gasteiger charge is 2.60. The Morgan fingerprint density at radius 2 is 2.15 bits per heavy atom. The highest BCUT2D eigenvalue weighted by atomic mass is 32.2. The number of fused-ring (bicyclic) bond motifs is 2. The molecule has 2 aromatic rings. The third-order valence-electron chi connectivity index (χ3n) is 6.44. The van der Waals surface area contributed by atoms with Crippen molar-refractivity contribution in [3.63, 3.8) is 0 Å². The maximum absolute atomic E-state index is 13.2. The van der Waals surface area contributed by atoms with Crippen LogP contribution >= 0.6 is 19.6 Å². The van der Waals surface area contributed by atoms with Crippen LogP contribution < -0.4 is 11.1 Å². The van der Waals surface area contributed by atoms with E-state index < -0.39 is 49.2 Å². The molecule has 0 bridgehead atoms. The molecule has 0 saturated carbocycles. The van der Waals surface area contributed by atoms with Crippen LogP contribution in [-0.2, 0) is 32.4 Å². The van der Waals surface area contributed by atoms with Gasteiger partial charge in [0.2, 0.25) is 11.8 Å². The number of thioether (sulfide) groups is 1. The number of nitrogens with one attached hydrogen (secondary N) is 1. The second-order valence-corrected chi connectivity index (χ2v) is 12.7. The van der Waals surface area contributed by atoms with Crippen LogP contribution in [0.25, 0.3) is 11.2 Å². The zero-order valence-electron chi connectivity index (χ0n) is 22.4. The molecule has 5 N–H and O–H groups in total. The number of aromatic nitrogens is 4. The fraction of sp³-hybridized carbons (Fsp3) is 0.682.